The second kappa shape index (κ2) is 8.93. The number of imide groups is 1. The van der Waals surface area contributed by atoms with E-state index in [1.165, 1.54) is 9.80 Å². The Hall–Kier alpha value is -3.10. The molecule has 156 valence electrons. The molecule has 6 amide bonds. The van der Waals surface area contributed by atoms with Gasteiger partial charge in [0.25, 0.3) is 0 Å². The minimum absolute atomic E-state index is 0.0174. The number of benzene rings is 1. The van der Waals surface area contributed by atoms with E-state index in [0.717, 1.165) is 11.3 Å². The summed E-state index contributed by atoms with van der Waals surface area (Å²) >= 11 is 0. The molecular weight excluding hydrogens is 374 g/mol. The average Bonchev–Trinajstić information content (AvgIpc) is 2.94. The van der Waals surface area contributed by atoms with Crippen LogP contribution in [0.1, 0.15) is 18.4 Å². The Morgan fingerprint density at radius 3 is 2.38 bits per heavy atom. The molecule has 2 heterocycles. The van der Waals surface area contributed by atoms with Gasteiger partial charge < -0.3 is 20.0 Å². The van der Waals surface area contributed by atoms with Gasteiger partial charge in [-0.15, -0.1) is 0 Å². The van der Waals surface area contributed by atoms with E-state index in [-0.39, 0.29) is 43.4 Å². The van der Waals surface area contributed by atoms with Gasteiger partial charge in [0.15, 0.2) is 0 Å². The number of anilines is 1. The number of rotatable bonds is 5. The molecule has 0 atom stereocenters. The third-order valence-electron chi connectivity index (χ3n) is 5.19. The Labute approximate surface area is 170 Å². The average molecular weight is 401 g/mol. The highest BCUT2D eigenvalue weighted by Crippen LogP contribution is 2.13. The van der Waals surface area contributed by atoms with Crippen molar-refractivity contribution >= 4 is 29.6 Å². The molecule has 2 aliphatic heterocycles. The first-order chi connectivity index (χ1) is 13.8. The molecule has 9 nitrogen and oxygen atoms in total. The van der Waals surface area contributed by atoms with E-state index >= 15 is 0 Å². The van der Waals surface area contributed by atoms with Gasteiger partial charge in [-0.1, -0.05) is 12.1 Å². The maximum absolute atomic E-state index is 12.4. The monoisotopic (exact) mass is 401 g/mol. The summed E-state index contributed by atoms with van der Waals surface area (Å²) in [6, 6.07) is 7.13. The number of carbonyl (C=O) groups excluding carboxylic acids is 4. The number of nitrogens with one attached hydrogen (secondary N) is 1. The molecule has 0 unspecified atom stereocenters. The van der Waals surface area contributed by atoms with Crippen molar-refractivity contribution in [1.29, 1.82) is 0 Å². The number of urea groups is 2. The first-order valence-corrected chi connectivity index (χ1v) is 9.81. The van der Waals surface area contributed by atoms with Gasteiger partial charge in [-0.3, -0.25) is 14.5 Å². The zero-order valence-corrected chi connectivity index (χ0v) is 16.9. The molecule has 1 aromatic rings. The summed E-state index contributed by atoms with van der Waals surface area (Å²) in [5.41, 5.74) is 1.83. The quantitative estimate of drug-likeness (QED) is 0.754. The van der Waals surface area contributed by atoms with Gasteiger partial charge >= 0.3 is 12.1 Å². The smallest absolute Gasteiger partial charge is 0.326 e. The molecule has 0 bridgehead atoms. The molecular formula is C20H27N5O4. The van der Waals surface area contributed by atoms with Crippen molar-refractivity contribution in [3.8, 4) is 0 Å². The lowest BCUT2D eigenvalue weighted by Gasteiger charge is -2.34. The predicted octanol–water partition coefficient (Wildman–Crippen LogP) is 1.35. The Balaban J connectivity index is 1.39. The summed E-state index contributed by atoms with van der Waals surface area (Å²) in [7, 11) is 1.58. The van der Waals surface area contributed by atoms with Crippen molar-refractivity contribution in [1.82, 2.24) is 19.6 Å². The SMILES string of the molecule is Cc1cccc(NC(=O)N2CCN(C(=O)CCCN3C(=O)CN(C)C3=O)CC2)c1. The molecule has 1 aromatic carbocycles. The van der Waals surface area contributed by atoms with Crippen molar-refractivity contribution in [2.45, 2.75) is 19.8 Å². The minimum atomic E-state index is -0.310. The van der Waals surface area contributed by atoms with Crippen LogP contribution in [-0.2, 0) is 9.59 Å². The summed E-state index contributed by atoms with van der Waals surface area (Å²) in [6.45, 7) is 4.21. The predicted molar refractivity (Wildman–Crippen MR) is 107 cm³/mol. The fraction of sp³-hybridized carbons (Fsp3) is 0.500. The number of carbonyl (C=O) groups is 4. The Morgan fingerprint density at radius 2 is 1.76 bits per heavy atom. The van der Waals surface area contributed by atoms with Crippen LogP contribution < -0.4 is 5.32 Å². The number of nitrogens with zero attached hydrogens (tertiary/aromatic N) is 4. The first kappa shape index (κ1) is 20.6. The highest BCUT2D eigenvalue weighted by atomic mass is 16.2. The molecule has 2 aliphatic rings. The minimum Gasteiger partial charge on any atom is -0.339 e. The number of aryl methyl sites for hydroxylation is 1. The molecule has 0 aliphatic carbocycles. The van der Waals surface area contributed by atoms with Crippen LogP contribution in [0.15, 0.2) is 24.3 Å². The molecule has 0 saturated carbocycles. The van der Waals surface area contributed by atoms with Crippen LogP contribution in [0.3, 0.4) is 0 Å². The molecule has 2 fully saturated rings. The number of piperazine rings is 1. The van der Waals surface area contributed by atoms with E-state index < -0.39 is 0 Å². The van der Waals surface area contributed by atoms with E-state index in [1.54, 1.807) is 16.8 Å². The van der Waals surface area contributed by atoms with Gasteiger partial charge in [-0.2, -0.15) is 0 Å². The molecule has 2 saturated heterocycles. The van der Waals surface area contributed by atoms with Gasteiger partial charge in [0.05, 0.1) is 0 Å². The maximum Gasteiger partial charge on any atom is 0.326 e. The fourth-order valence-corrected chi connectivity index (χ4v) is 3.52. The van der Waals surface area contributed by atoms with Crippen molar-refractivity contribution in [3.63, 3.8) is 0 Å². The lowest BCUT2D eigenvalue weighted by molar-refractivity contribution is -0.133. The van der Waals surface area contributed by atoms with Crippen molar-refractivity contribution in [2.24, 2.45) is 0 Å². The number of likely N-dealkylation sites (N-methyl/N-ethyl adjacent to an activating group) is 1. The highest BCUT2D eigenvalue weighted by Gasteiger charge is 2.33. The second-order valence-corrected chi connectivity index (χ2v) is 7.46. The largest absolute Gasteiger partial charge is 0.339 e. The van der Waals surface area contributed by atoms with Gasteiger partial charge in [0.2, 0.25) is 11.8 Å². The summed E-state index contributed by atoms with van der Waals surface area (Å²) in [5.74, 6) is -0.241. The van der Waals surface area contributed by atoms with Crippen molar-refractivity contribution in [3.05, 3.63) is 29.8 Å². The Kier molecular flexibility index (Phi) is 6.36. The molecule has 29 heavy (non-hydrogen) atoms. The van der Waals surface area contributed by atoms with Gasteiger partial charge in [0.1, 0.15) is 6.54 Å². The number of hydrogen-bond acceptors (Lipinski definition) is 4. The van der Waals surface area contributed by atoms with Gasteiger partial charge in [-0.25, -0.2) is 9.59 Å². The van der Waals surface area contributed by atoms with Gasteiger partial charge in [0, 0.05) is 51.9 Å². The summed E-state index contributed by atoms with van der Waals surface area (Å²) in [6.07, 6.45) is 0.717. The van der Waals surface area contributed by atoms with Crippen LogP contribution in [0, 0.1) is 6.92 Å². The fourth-order valence-electron chi connectivity index (χ4n) is 3.52. The van der Waals surface area contributed by atoms with Crippen LogP contribution in [0.2, 0.25) is 0 Å². The van der Waals surface area contributed by atoms with Crippen LogP contribution in [0.4, 0.5) is 15.3 Å². The standard InChI is InChI=1S/C20H27N5O4/c1-15-5-3-6-16(13-15)21-19(28)24-11-9-23(10-12-24)17(26)7-4-8-25-18(27)14-22(2)20(25)29/h3,5-6,13H,4,7-12,14H2,1-2H3,(H,21,28). The zero-order chi connectivity index (χ0) is 21.0. The lowest BCUT2D eigenvalue weighted by atomic mass is 10.2. The van der Waals surface area contributed by atoms with Crippen molar-refractivity contribution < 1.29 is 19.2 Å². The second-order valence-electron chi connectivity index (χ2n) is 7.46. The molecule has 0 spiro atoms. The lowest BCUT2D eigenvalue weighted by Crippen LogP contribution is -2.51. The highest BCUT2D eigenvalue weighted by molar-refractivity contribution is 6.01. The van der Waals surface area contributed by atoms with E-state index in [9.17, 15) is 19.2 Å². The number of hydrogen-bond donors (Lipinski definition) is 1. The summed E-state index contributed by atoms with van der Waals surface area (Å²) in [5, 5.41) is 2.88. The van der Waals surface area contributed by atoms with E-state index in [2.05, 4.69) is 5.32 Å². The van der Waals surface area contributed by atoms with Crippen LogP contribution >= 0.6 is 0 Å². The molecule has 9 heteroatoms. The number of amides is 6. The van der Waals surface area contributed by atoms with Crippen LogP contribution in [-0.4, -0.2) is 89.8 Å². The summed E-state index contributed by atoms with van der Waals surface area (Å²) < 4.78 is 0. The van der Waals surface area contributed by atoms with Crippen LogP contribution in [0.5, 0.6) is 0 Å². The zero-order valence-electron chi connectivity index (χ0n) is 16.9. The molecule has 0 radical (unpaired) electrons. The topological polar surface area (TPSA) is 93.3 Å². The van der Waals surface area contributed by atoms with E-state index in [4.69, 9.17) is 0 Å². The Morgan fingerprint density at radius 1 is 1.07 bits per heavy atom. The van der Waals surface area contributed by atoms with E-state index in [0.29, 0.717) is 32.6 Å². The normalized spacial score (nSPS) is 17.2. The van der Waals surface area contributed by atoms with Crippen molar-refractivity contribution in [2.75, 3.05) is 51.6 Å². The summed E-state index contributed by atoms with van der Waals surface area (Å²) in [4.78, 5) is 54.4. The third-order valence-corrected chi connectivity index (χ3v) is 5.19. The van der Waals surface area contributed by atoms with Crippen LogP contribution in [0.25, 0.3) is 0 Å². The Bertz CT molecular complexity index is 804. The van der Waals surface area contributed by atoms with E-state index in [1.807, 2.05) is 31.2 Å². The molecule has 3 rings (SSSR count). The maximum atomic E-state index is 12.4. The molecule has 1 N–H and O–H groups in total. The third kappa shape index (κ3) is 5.04. The van der Waals surface area contributed by atoms with Gasteiger partial charge in [-0.05, 0) is 31.0 Å². The molecule has 0 aromatic heterocycles. The first-order valence-electron chi connectivity index (χ1n) is 9.81.